The highest BCUT2D eigenvalue weighted by Gasteiger charge is 2.44. The molecule has 68 valence electrons. The monoisotopic (exact) mass is 166 g/mol. The van der Waals surface area contributed by atoms with Crippen molar-refractivity contribution in [2.75, 3.05) is 26.7 Å². The van der Waals surface area contributed by atoms with E-state index >= 15 is 0 Å². The standard InChI is InChI=1S/C10H18N2/c1-3-10-5-4-6-11-9(10)7-12(2)8-10/h3,9,11H,1,4-8H2,2H3/t9-,10?/m1/s1. The fourth-order valence-corrected chi connectivity index (χ4v) is 2.69. The van der Waals surface area contributed by atoms with E-state index in [1.807, 2.05) is 0 Å². The second kappa shape index (κ2) is 2.86. The minimum Gasteiger partial charge on any atom is -0.312 e. The molecule has 2 fully saturated rings. The summed E-state index contributed by atoms with van der Waals surface area (Å²) in [5.74, 6) is 0. The van der Waals surface area contributed by atoms with Crippen molar-refractivity contribution in [1.82, 2.24) is 10.2 Å². The minimum atomic E-state index is 0.382. The molecule has 2 rings (SSSR count). The van der Waals surface area contributed by atoms with Crippen LogP contribution in [0.3, 0.4) is 0 Å². The second-order valence-electron chi connectivity index (χ2n) is 4.24. The number of likely N-dealkylation sites (tertiary alicyclic amines) is 1. The van der Waals surface area contributed by atoms with E-state index in [1.165, 1.54) is 32.5 Å². The summed E-state index contributed by atoms with van der Waals surface area (Å²) in [5, 5.41) is 3.59. The summed E-state index contributed by atoms with van der Waals surface area (Å²) in [7, 11) is 2.20. The van der Waals surface area contributed by atoms with Crippen LogP contribution < -0.4 is 5.32 Å². The number of hydrogen-bond acceptors (Lipinski definition) is 2. The van der Waals surface area contributed by atoms with Crippen LogP contribution in [0.1, 0.15) is 12.8 Å². The molecule has 0 radical (unpaired) electrons. The first-order chi connectivity index (χ1) is 5.77. The van der Waals surface area contributed by atoms with E-state index < -0.39 is 0 Å². The third-order valence-electron chi connectivity index (χ3n) is 3.37. The van der Waals surface area contributed by atoms with E-state index in [9.17, 15) is 0 Å². The summed E-state index contributed by atoms with van der Waals surface area (Å²) in [5.41, 5.74) is 0.382. The predicted molar refractivity (Wildman–Crippen MR) is 51.2 cm³/mol. The van der Waals surface area contributed by atoms with Crippen LogP contribution >= 0.6 is 0 Å². The van der Waals surface area contributed by atoms with E-state index in [0.29, 0.717) is 11.5 Å². The highest BCUT2D eigenvalue weighted by molar-refractivity contribution is 5.11. The highest BCUT2D eigenvalue weighted by atomic mass is 15.2. The first kappa shape index (κ1) is 8.27. The largest absolute Gasteiger partial charge is 0.312 e. The molecule has 2 aliphatic heterocycles. The van der Waals surface area contributed by atoms with Crippen LogP contribution in [0, 0.1) is 5.41 Å². The van der Waals surface area contributed by atoms with Gasteiger partial charge in [0.25, 0.3) is 0 Å². The Morgan fingerprint density at radius 1 is 1.67 bits per heavy atom. The Morgan fingerprint density at radius 2 is 2.50 bits per heavy atom. The summed E-state index contributed by atoms with van der Waals surface area (Å²) in [6.45, 7) is 7.55. The summed E-state index contributed by atoms with van der Waals surface area (Å²) < 4.78 is 0. The van der Waals surface area contributed by atoms with Crippen LogP contribution in [0.2, 0.25) is 0 Å². The van der Waals surface area contributed by atoms with Gasteiger partial charge in [-0.1, -0.05) is 6.08 Å². The van der Waals surface area contributed by atoms with E-state index in [0.717, 1.165) is 0 Å². The molecule has 2 heteroatoms. The van der Waals surface area contributed by atoms with Gasteiger partial charge in [-0.15, -0.1) is 6.58 Å². The normalized spacial score (nSPS) is 42.6. The van der Waals surface area contributed by atoms with E-state index in [4.69, 9.17) is 0 Å². The Labute approximate surface area is 74.6 Å². The van der Waals surface area contributed by atoms with Gasteiger partial charge in [0.05, 0.1) is 0 Å². The van der Waals surface area contributed by atoms with Crippen LogP contribution in [-0.4, -0.2) is 37.6 Å². The molecule has 2 saturated heterocycles. The van der Waals surface area contributed by atoms with Crippen LogP contribution in [0.25, 0.3) is 0 Å². The number of hydrogen-bond donors (Lipinski definition) is 1. The number of fused-ring (bicyclic) bond motifs is 1. The van der Waals surface area contributed by atoms with Gasteiger partial charge in [0.1, 0.15) is 0 Å². The van der Waals surface area contributed by atoms with Crippen molar-refractivity contribution in [1.29, 1.82) is 0 Å². The Bertz CT molecular complexity index is 190. The smallest absolute Gasteiger partial charge is 0.0297 e. The molecule has 0 bridgehead atoms. The van der Waals surface area contributed by atoms with Crippen molar-refractivity contribution in [3.63, 3.8) is 0 Å². The summed E-state index contributed by atoms with van der Waals surface area (Å²) >= 11 is 0. The molecular formula is C10H18N2. The molecule has 1 unspecified atom stereocenters. The predicted octanol–water partition coefficient (Wildman–Crippen LogP) is 0.856. The minimum absolute atomic E-state index is 0.382. The molecule has 0 amide bonds. The molecule has 2 nitrogen and oxygen atoms in total. The van der Waals surface area contributed by atoms with E-state index in [-0.39, 0.29) is 0 Å². The Kier molecular flexibility index (Phi) is 1.97. The van der Waals surface area contributed by atoms with Gasteiger partial charge in [-0.2, -0.15) is 0 Å². The van der Waals surface area contributed by atoms with Gasteiger partial charge in [-0.3, -0.25) is 0 Å². The maximum atomic E-state index is 3.99. The van der Waals surface area contributed by atoms with Gasteiger partial charge in [0.15, 0.2) is 0 Å². The zero-order valence-electron chi connectivity index (χ0n) is 7.84. The third kappa shape index (κ3) is 1.10. The van der Waals surface area contributed by atoms with Crippen LogP contribution in [0.5, 0.6) is 0 Å². The fraction of sp³-hybridized carbons (Fsp3) is 0.800. The molecule has 0 saturated carbocycles. The topological polar surface area (TPSA) is 15.3 Å². The summed E-state index contributed by atoms with van der Waals surface area (Å²) in [6.07, 6.45) is 4.79. The number of piperidine rings is 1. The number of nitrogens with zero attached hydrogens (tertiary/aromatic N) is 1. The van der Waals surface area contributed by atoms with Crippen LogP contribution in [-0.2, 0) is 0 Å². The van der Waals surface area contributed by atoms with Crippen molar-refractivity contribution in [2.45, 2.75) is 18.9 Å². The molecule has 0 aromatic carbocycles. The zero-order chi connectivity index (χ0) is 8.60. The number of likely N-dealkylation sites (N-methyl/N-ethyl adjacent to an activating group) is 1. The Morgan fingerprint density at radius 3 is 3.17 bits per heavy atom. The van der Waals surface area contributed by atoms with Gasteiger partial charge in [0, 0.05) is 24.5 Å². The van der Waals surface area contributed by atoms with Crippen LogP contribution in [0.4, 0.5) is 0 Å². The Balaban J connectivity index is 2.19. The zero-order valence-corrected chi connectivity index (χ0v) is 7.84. The third-order valence-corrected chi connectivity index (χ3v) is 3.37. The molecule has 0 aromatic rings. The average molecular weight is 166 g/mol. The molecule has 1 N–H and O–H groups in total. The lowest BCUT2D eigenvalue weighted by molar-refractivity contribution is 0.244. The summed E-state index contributed by atoms with van der Waals surface area (Å²) in [4.78, 5) is 2.41. The lowest BCUT2D eigenvalue weighted by atomic mass is 9.76. The second-order valence-corrected chi connectivity index (χ2v) is 4.24. The van der Waals surface area contributed by atoms with E-state index in [2.05, 4.69) is 29.9 Å². The van der Waals surface area contributed by atoms with Gasteiger partial charge >= 0.3 is 0 Å². The van der Waals surface area contributed by atoms with Crippen LogP contribution in [0.15, 0.2) is 12.7 Å². The first-order valence-electron chi connectivity index (χ1n) is 4.82. The lowest BCUT2D eigenvalue weighted by Crippen LogP contribution is -2.47. The Hall–Kier alpha value is -0.340. The number of rotatable bonds is 1. The maximum absolute atomic E-state index is 3.99. The van der Waals surface area contributed by atoms with Crippen molar-refractivity contribution >= 4 is 0 Å². The highest BCUT2D eigenvalue weighted by Crippen LogP contribution is 2.38. The van der Waals surface area contributed by atoms with Gasteiger partial charge in [0.2, 0.25) is 0 Å². The lowest BCUT2D eigenvalue weighted by Gasteiger charge is -2.36. The van der Waals surface area contributed by atoms with Gasteiger partial charge < -0.3 is 10.2 Å². The molecule has 2 atom stereocenters. The molecule has 12 heavy (non-hydrogen) atoms. The summed E-state index contributed by atoms with van der Waals surface area (Å²) in [6, 6.07) is 0.661. The molecule has 0 aromatic heterocycles. The van der Waals surface area contributed by atoms with Crippen molar-refractivity contribution in [3.05, 3.63) is 12.7 Å². The maximum Gasteiger partial charge on any atom is 0.0297 e. The molecule has 0 spiro atoms. The molecule has 2 aliphatic rings. The first-order valence-corrected chi connectivity index (χ1v) is 4.82. The van der Waals surface area contributed by atoms with Crippen molar-refractivity contribution in [2.24, 2.45) is 5.41 Å². The fourth-order valence-electron chi connectivity index (χ4n) is 2.69. The molecule has 2 heterocycles. The van der Waals surface area contributed by atoms with Gasteiger partial charge in [-0.25, -0.2) is 0 Å². The average Bonchev–Trinajstić information content (AvgIpc) is 2.41. The number of nitrogens with one attached hydrogen (secondary N) is 1. The quantitative estimate of drug-likeness (QED) is 0.581. The molecule has 0 aliphatic carbocycles. The van der Waals surface area contributed by atoms with Crippen molar-refractivity contribution < 1.29 is 0 Å². The molecular weight excluding hydrogens is 148 g/mol. The van der Waals surface area contributed by atoms with E-state index in [1.54, 1.807) is 0 Å². The van der Waals surface area contributed by atoms with Gasteiger partial charge in [-0.05, 0) is 26.4 Å². The van der Waals surface area contributed by atoms with Crippen molar-refractivity contribution in [3.8, 4) is 0 Å². The SMILES string of the molecule is C=CC12CCCN[C@@H]1CN(C)C2.